The quantitative estimate of drug-likeness (QED) is 0.577. The van der Waals surface area contributed by atoms with Crippen molar-refractivity contribution >= 4 is 40.5 Å². The van der Waals surface area contributed by atoms with Crippen molar-refractivity contribution in [2.24, 2.45) is 0 Å². The van der Waals surface area contributed by atoms with E-state index >= 15 is 0 Å². The van der Waals surface area contributed by atoms with E-state index in [2.05, 4.69) is 5.32 Å². The summed E-state index contributed by atoms with van der Waals surface area (Å²) in [7, 11) is 0. The molecule has 0 unspecified atom stereocenters. The highest BCUT2D eigenvalue weighted by molar-refractivity contribution is 6.37. The van der Waals surface area contributed by atoms with Crippen molar-refractivity contribution < 1.29 is 14.5 Å². The van der Waals surface area contributed by atoms with Crippen LogP contribution in [0.15, 0.2) is 36.4 Å². The maximum Gasteiger partial charge on any atom is 0.271 e. The Labute approximate surface area is 148 Å². The first kappa shape index (κ1) is 18.0. The Morgan fingerprint density at radius 3 is 2.50 bits per heavy atom. The smallest absolute Gasteiger partial charge is 0.271 e. The van der Waals surface area contributed by atoms with Gasteiger partial charge < -0.3 is 10.1 Å². The lowest BCUT2D eigenvalue weighted by atomic mass is 10.2. The maximum atomic E-state index is 12.3. The Kier molecular flexibility index (Phi) is 6.00. The van der Waals surface area contributed by atoms with Crippen LogP contribution < -0.4 is 10.1 Å². The topological polar surface area (TPSA) is 81.5 Å². The van der Waals surface area contributed by atoms with Gasteiger partial charge >= 0.3 is 0 Å². The van der Waals surface area contributed by atoms with Crippen LogP contribution >= 0.6 is 23.2 Å². The summed E-state index contributed by atoms with van der Waals surface area (Å²) < 4.78 is 5.44. The number of rotatable bonds is 6. The van der Waals surface area contributed by atoms with E-state index in [0.717, 1.165) is 6.42 Å². The number of non-ortho nitro benzene ring substituents is 1. The normalized spacial score (nSPS) is 10.3. The Morgan fingerprint density at radius 2 is 1.92 bits per heavy atom. The minimum absolute atomic E-state index is 0.118. The molecule has 0 aliphatic rings. The molecule has 1 amide bonds. The van der Waals surface area contributed by atoms with Crippen molar-refractivity contribution in [2.75, 3.05) is 11.9 Å². The van der Waals surface area contributed by atoms with E-state index in [0.29, 0.717) is 18.0 Å². The minimum atomic E-state index is -0.538. The zero-order chi connectivity index (χ0) is 17.7. The van der Waals surface area contributed by atoms with Crippen LogP contribution in [-0.4, -0.2) is 17.4 Å². The van der Waals surface area contributed by atoms with Crippen LogP contribution in [0.4, 0.5) is 11.4 Å². The van der Waals surface area contributed by atoms with Crippen LogP contribution in [0.5, 0.6) is 5.75 Å². The van der Waals surface area contributed by atoms with Gasteiger partial charge in [0.15, 0.2) is 5.75 Å². The van der Waals surface area contributed by atoms with Gasteiger partial charge in [0.05, 0.1) is 21.6 Å². The van der Waals surface area contributed by atoms with Gasteiger partial charge in [-0.05, 0) is 24.6 Å². The molecule has 0 heterocycles. The number of hydrogen-bond donors (Lipinski definition) is 1. The zero-order valence-corrected chi connectivity index (χ0v) is 14.2. The molecule has 8 heteroatoms. The Morgan fingerprint density at radius 1 is 1.25 bits per heavy atom. The predicted molar refractivity (Wildman–Crippen MR) is 93.3 cm³/mol. The van der Waals surface area contributed by atoms with Gasteiger partial charge in [-0.25, -0.2) is 0 Å². The zero-order valence-electron chi connectivity index (χ0n) is 12.7. The highest BCUT2D eigenvalue weighted by Gasteiger charge is 2.15. The largest absolute Gasteiger partial charge is 0.490 e. The summed E-state index contributed by atoms with van der Waals surface area (Å²) in [5, 5.41) is 13.8. The molecule has 0 spiro atoms. The number of nitrogens with one attached hydrogen (secondary N) is 1. The second-order valence-corrected chi connectivity index (χ2v) is 5.69. The molecular weight excluding hydrogens is 355 g/mol. The number of benzene rings is 2. The minimum Gasteiger partial charge on any atom is -0.490 e. The number of carbonyl (C=O) groups is 1. The number of anilines is 1. The number of ether oxygens (including phenoxy) is 1. The van der Waals surface area contributed by atoms with Gasteiger partial charge in [-0.3, -0.25) is 14.9 Å². The van der Waals surface area contributed by atoms with Crippen molar-refractivity contribution in [3.05, 3.63) is 62.1 Å². The molecule has 0 aromatic heterocycles. The average Bonchev–Trinajstić information content (AvgIpc) is 2.54. The maximum absolute atomic E-state index is 12.3. The monoisotopic (exact) mass is 368 g/mol. The third-order valence-electron chi connectivity index (χ3n) is 3.03. The summed E-state index contributed by atoms with van der Waals surface area (Å²) in [5.41, 5.74) is 0.403. The molecule has 0 atom stereocenters. The molecule has 0 aliphatic heterocycles. The first-order valence-electron chi connectivity index (χ1n) is 7.10. The lowest BCUT2D eigenvalue weighted by Gasteiger charge is -2.11. The molecule has 0 fully saturated rings. The first-order chi connectivity index (χ1) is 11.4. The highest BCUT2D eigenvalue weighted by Crippen LogP contribution is 2.34. The van der Waals surface area contributed by atoms with E-state index in [4.69, 9.17) is 27.9 Å². The van der Waals surface area contributed by atoms with Gasteiger partial charge in [0.2, 0.25) is 0 Å². The Hall–Kier alpha value is -2.31. The molecule has 2 aromatic rings. The van der Waals surface area contributed by atoms with Crippen LogP contribution in [0.1, 0.15) is 23.7 Å². The van der Waals surface area contributed by atoms with Crippen molar-refractivity contribution in [3.8, 4) is 5.75 Å². The van der Waals surface area contributed by atoms with Crippen molar-refractivity contribution in [2.45, 2.75) is 13.3 Å². The summed E-state index contributed by atoms with van der Waals surface area (Å²) in [6.45, 7) is 2.40. The number of nitrogens with zero attached hydrogens (tertiary/aromatic N) is 1. The summed E-state index contributed by atoms with van der Waals surface area (Å²) in [6.07, 6.45) is 0.793. The number of nitro benzene ring substituents is 1. The van der Waals surface area contributed by atoms with Gasteiger partial charge in [-0.15, -0.1) is 0 Å². The molecule has 2 rings (SSSR count). The highest BCUT2D eigenvalue weighted by atomic mass is 35.5. The molecule has 6 nitrogen and oxygen atoms in total. The third-order valence-corrected chi connectivity index (χ3v) is 3.59. The van der Waals surface area contributed by atoms with Crippen molar-refractivity contribution in [1.29, 1.82) is 0 Å². The summed E-state index contributed by atoms with van der Waals surface area (Å²) >= 11 is 12.2. The number of halogens is 2. The van der Waals surface area contributed by atoms with E-state index in [9.17, 15) is 14.9 Å². The van der Waals surface area contributed by atoms with Crippen LogP contribution in [-0.2, 0) is 0 Å². The molecule has 2 aromatic carbocycles. The van der Waals surface area contributed by atoms with E-state index in [-0.39, 0.29) is 21.3 Å². The fourth-order valence-corrected chi connectivity index (χ4v) is 2.53. The molecule has 0 saturated heterocycles. The van der Waals surface area contributed by atoms with Gasteiger partial charge in [0.1, 0.15) is 0 Å². The van der Waals surface area contributed by atoms with Gasteiger partial charge in [0.25, 0.3) is 11.6 Å². The van der Waals surface area contributed by atoms with Gasteiger partial charge in [0, 0.05) is 23.4 Å². The summed E-state index contributed by atoms with van der Waals surface area (Å²) in [4.78, 5) is 22.5. The molecule has 0 aliphatic carbocycles. The van der Waals surface area contributed by atoms with E-state index in [1.54, 1.807) is 6.07 Å². The molecular formula is C16H14Cl2N2O4. The summed E-state index contributed by atoms with van der Waals surface area (Å²) in [6, 6.07) is 8.50. The van der Waals surface area contributed by atoms with Crippen molar-refractivity contribution in [1.82, 2.24) is 0 Å². The van der Waals surface area contributed by atoms with Gasteiger partial charge in [-0.2, -0.15) is 0 Å². The number of nitro groups is 1. The molecule has 126 valence electrons. The second-order valence-electron chi connectivity index (χ2n) is 4.88. The predicted octanol–water partition coefficient (Wildman–Crippen LogP) is 4.94. The lowest BCUT2D eigenvalue weighted by molar-refractivity contribution is -0.384. The van der Waals surface area contributed by atoms with Crippen LogP contribution in [0.3, 0.4) is 0 Å². The molecule has 0 radical (unpaired) electrons. The standard InChI is InChI=1S/C16H14Cl2N2O4/c1-2-6-24-15-13(17)7-10(8-14(15)18)16(21)19-11-4-3-5-12(9-11)20(22)23/h3-5,7-9H,2,6H2,1H3,(H,19,21). The SMILES string of the molecule is CCCOc1c(Cl)cc(C(=O)Nc2cccc([N+](=O)[O-])c2)cc1Cl. The second kappa shape index (κ2) is 7.99. The lowest BCUT2D eigenvalue weighted by Crippen LogP contribution is -2.12. The van der Waals surface area contributed by atoms with E-state index in [1.807, 2.05) is 6.92 Å². The number of hydrogen-bond acceptors (Lipinski definition) is 4. The Balaban J connectivity index is 2.21. The summed E-state index contributed by atoms with van der Waals surface area (Å²) in [5.74, 6) is -0.159. The van der Waals surface area contributed by atoms with E-state index < -0.39 is 10.8 Å². The molecule has 24 heavy (non-hydrogen) atoms. The fourth-order valence-electron chi connectivity index (χ4n) is 1.93. The average molecular weight is 369 g/mol. The van der Waals surface area contributed by atoms with Gasteiger partial charge in [-0.1, -0.05) is 36.2 Å². The molecule has 0 saturated carbocycles. The van der Waals surface area contributed by atoms with Crippen LogP contribution in [0, 0.1) is 10.1 Å². The number of carbonyl (C=O) groups excluding carboxylic acids is 1. The number of amides is 1. The van der Waals surface area contributed by atoms with Crippen molar-refractivity contribution in [3.63, 3.8) is 0 Å². The van der Waals surface area contributed by atoms with Crippen LogP contribution in [0.25, 0.3) is 0 Å². The molecule has 0 bridgehead atoms. The van der Waals surface area contributed by atoms with Crippen LogP contribution in [0.2, 0.25) is 10.0 Å². The Bertz CT molecular complexity index is 757. The molecule has 1 N–H and O–H groups in total. The fraction of sp³-hybridized carbons (Fsp3) is 0.188. The first-order valence-corrected chi connectivity index (χ1v) is 7.85. The van der Waals surface area contributed by atoms with E-state index in [1.165, 1.54) is 30.3 Å². The third kappa shape index (κ3) is 4.37.